The van der Waals surface area contributed by atoms with Crippen molar-refractivity contribution >= 4 is 10.0 Å². The first-order chi connectivity index (χ1) is 10.1. The van der Waals surface area contributed by atoms with E-state index in [1.165, 1.54) is 32.1 Å². The van der Waals surface area contributed by atoms with Crippen molar-refractivity contribution < 1.29 is 8.42 Å². The molecule has 1 fully saturated rings. The zero-order valence-corrected chi connectivity index (χ0v) is 13.5. The molecule has 1 aliphatic rings. The molecule has 1 heterocycles. The maximum Gasteiger partial charge on any atom is 0.257 e. The van der Waals surface area contributed by atoms with Gasteiger partial charge in [-0.15, -0.1) is 0 Å². The van der Waals surface area contributed by atoms with E-state index in [2.05, 4.69) is 20.2 Å². The lowest BCUT2D eigenvalue weighted by Crippen LogP contribution is -2.28. The van der Waals surface area contributed by atoms with Crippen LogP contribution in [-0.2, 0) is 16.6 Å². The molecule has 0 bridgehead atoms. The second-order valence-electron chi connectivity index (χ2n) is 5.70. The van der Waals surface area contributed by atoms with E-state index < -0.39 is 10.0 Å². The number of rotatable bonds is 8. The van der Waals surface area contributed by atoms with E-state index in [0.29, 0.717) is 24.6 Å². The topological polar surface area (TPSA) is 86.9 Å². The van der Waals surface area contributed by atoms with Crippen LogP contribution in [0.25, 0.3) is 0 Å². The van der Waals surface area contributed by atoms with E-state index in [0.717, 1.165) is 13.0 Å². The van der Waals surface area contributed by atoms with Gasteiger partial charge in [0.05, 0.1) is 6.20 Å². The fourth-order valence-electron chi connectivity index (χ4n) is 2.86. The molecule has 7 heteroatoms. The molecule has 0 aromatic carbocycles. The molecule has 0 unspecified atom stereocenters. The average Bonchev–Trinajstić information content (AvgIpc) is 2.95. The zero-order valence-electron chi connectivity index (χ0n) is 12.7. The van der Waals surface area contributed by atoms with Crippen LogP contribution in [0.5, 0.6) is 0 Å². The van der Waals surface area contributed by atoms with Gasteiger partial charge in [0.25, 0.3) is 10.0 Å². The van der Waals surface area contributed by atoms with Crippen LogP contribution in [0.15, 0.2) is 11.2 Å². The van der Waals surface area contributed by atoms with Crippen molar-refractivity contribution in [2.45, 2.75) is 57.0 Å². The predicted molar refractivity (Wildman–Crippen MR) is 82.3 cm³/mol. The Labute approximate surface area is 127 Å². The molecular weight excluding hydrogens is 288 g/mol. The number of nitrogens with one attached hydrogen (secondary N) is 3. The van der Waals surface area contributed by atoms with E-state index in [1.807, 2.05) is 6.92 Å². The molecular formula is C14H26N4O2S. The highest BCUT2D eigenvalue weighted by Gasteiger charge is 2.21. The quantitative estimate of drug-likeness (QED) is 0.682. The minimum absolute atomic E-state index is 0.187. The molecule has 120 valence electrons. The highest BCUT2D eigenvalue weighted by molar-refractivity contribution is 7.89. The molecule has 0 saturated heterocycles. The lowest BCUT2D eigenvalue weighted by Gasteiger charge is -2.21. The standard InChI is InChI=1S/C14H26N4O2S/c1-2-15-10-13-11-16-18-14(13)21(19,20)17-9-8-12-6-4-3-5-7-12/h11-12,15,17H,2-10H2,1H3,(H,16,18). The molecule has 6 nitrogen and oxygen atoms in total. The van der Waals surface area contributed by atoms with E-state index in [9.17, 15) is 8.42 Å². The van der Waals surface area contributed by atoms with Crippen LogP contribution in [0.3, 0.4) is 0 Å². The molecule has 2 rings (SSSR count). The first kappa shape index (κ1) is 16.5. The maximum atomic E-state index is 12.3. The van der Waals surface area contributed by atoms with E-state index in [1.54, 1.807) is 6.20 Å². The van der Waals surface area contributed by atoms with Crippen LogP contribution >= 0.6 is 0 Å². The van der Waals surface area contributed by atoms with E-state index in [-0.39, 0.29) is 5.03 Å². The van der Waals surface area contributed by atoms with Gasteiger partial charge in [0.2, 0.25) is 0 Å². The fraction of sp³-hybridized carbons (Fsp3) is 0.786. The van der Waals surface area contributed by atoms with Gasteiger partial charge in [-0.2, -0.15) is 5.10 Å². The van der Waals surface area contributed by atoms with Gasteiger partial charge in [0, 0.05) is 18.7 Å². The lowest BCUT2D eigenvalue weighted by atomic mass is 9.87. The van der Waals surface area contributed by atoms with Gasteiger partial charge in [-0.05, 0) is 18.9 Å². The third kappa shape index (κ3) is 4.79. The third-order valence-corrected chi connectivity index (χ3v) is 5.56. The highest BCUT2D eigenvalue weighted by Crippen LogP contribution is 2.25. The summed E-state index contributed by atoms with van der Waals surface area (Å²) in [6, 6.07) is 0. The summed E-state index contributed by atoms with van der Waals surface area (Å²) in [7, 11) is -3.49. The molecule has 0 atom stereocenters. The molecule has 1 aliphatic carbocycles. The number of hydrogen-bond acceptors (Lipinski definition) is 4. The normalized spacial score (nSPS) is 17.2. The summed E-state index contributed by atoms with van der Waals surface area (Å²) in [5.41, 5.74) is 0.682. The number of sulfonamides is 1. The van der Waals surface area contributed by atoms with E-state index >= 15 is 0 Å². The summed E-state index contributed by atoms with van der Waals surface area (Å²) in [5.74, 6) is 0.671. The van der Waals surface area contributed by atoms with Gasteiger partial charge in [0.1, 0.15) is 0 Å². The van der Waals surface area contributed by atoms with Crippen molar-refractivity contribution in [3.05, 3.63) is 11.8 Å². The Morgan fingerprint density at radius 3 is 2.81 bits per heavy atom. The molecule has 0 radical (unpaired) electrons. The van der Waals surface area contributed by atoms with Crippen molar-refractivity contribution in [1.29, 1.82) is 0 Å². The summed E-state index contributed by atoms with van der Waals surface area (Å²) in [4.78, 5) is 0. The van der Waals surface area contributed by atoms with Gasteiger partial charge < -0.3 is 5.32 Å². The molecule has 21 heavy (non-hydrogen) atoms. The Kier molecular flexibility index (Phi) is 6.20. The molecule has 1 saturated carbocycles. The summed E-state index contributed by atoms with van der Waals surface area (Å²) in [6.07, 6.45) is 8.85. The first-order valence-electron chi connectivity index (χ1n) is 7.86. The third-order valence-electron chi connectivity index (χ3n) is 4.08. The maximum absolute atomic E-state index is 12.3. The average molecular weight is 314 g/mol. The van der Waals surface area contributed by atoms with Crippen LogP contribution < -0.4 is 10.0 Å². The Hall–Kier alpha value is -0.920. The van der Waals surface area contributed by atoms with Crippen molar-refractivity contribution in [3.8, 4) is 0 Å². The fourth-order valence-corrected chi connectivity index (χ4v) is 4.04. The van der Waals surface area contributed by atoms with Crippen molar-refractivity contribution in [2.75, 3.05) is 13.1 Å². The molecule has 0 amide bonds. The molecule has 0 aliphatic heterocycles. The van der Waals surface area contributed by atoms with Crippen LogP contribution in [-0.4, -0.2) is 31.7 Å². The lowest BCUT2D eigenvalue weighted by molar-refractivity contribution is 0.339. The Morgan fingerprint density at radius 1 is 1.33 bits per heavy atom. The molecule has 1 aromatic rings. The summed E-state index contributed by atoms with van der Waals surface area (Å²) < 4.78 is 27.3. The minimum atomic E-state index is -3.49. The SMILES string of the molecule is CCNCc1cn[nH]c1S(=O)(=O)NCCC1CCCCC1. The number of H-pyrrole nitrogens is 1. The summed E-state index contributed by atoms with van der Waals surface area (Å²) in [5, 5.41) is 9.76. The van der Waals surface area contributed by atoms with Crippen molar-refractivity contribution in [1.82, 2.24) is 20.2 Å². The number of aromatic amines is 1. The summed E-state index contributed by atoms with van der Waals surface area (Å²) in [6.45, 7) is 3.79. The molecule has 3 N–H and O–H groups in total. The highest BCUT2D eigenvalue weighted by atomic mass is 32.2. The van der Waals surface area contributed by atoms with Gasteiger partial charge in [-0.3, -0.25) is 5.10 Å². The van der Waals surface area contributed by atoms with Crippen molar-refractivity contribution in [3.63, 3.8) is 0 Å². The van der Waals surface area contributed by atoms with Gasteiger partial charge in [-0.25, -0.2) is 13.1 Å². The number of hydrogen-bond donors (Lipinski definition) is 3. The van der Waals surface area contributed by atoms with Gasteiger partial charge in [0.15, 0.2) is 5.03 Å². The van der Waals surface area contributed by atoms with Crippen LogP contribution in [0, 0.1) is 5.92 Å². The van der Waals surface area contributed by atoms with Crippen molar-refractivity contribution in [2.24, 2.45) is 5.92 Å². The van der Waals surface area contributed by atoms with Crippen LogP contribution in [0.1, 0.15) is 51.0 Å². The zero-order chi connectivity index (χ0) is 15.1. The Bertz CT molecular complexity index is 521. The van der Waals surface area contributed by atoms with Gasteiger partial charge >= 0.3 is 0 Å². The second kappa shape index (κ2) is 7.91. The van der Waals surface area contributed by atoms with E-state index in [4.69, 9.17) is 0 Å². The number of aromatic nitrogens is 2. The Balaban J connectivity index is 1.87. The molecule has 0 spiro atoms. The summed E-state index contributed by atoms with van der Waals surface area (Å²) >= 11 is 0. The van der Waals surface area contributed by atoms with Gasteiger partial charge in [-0.1, -0.05) is 39.0 Å². The van der Waals surface area contributed by atoms with Crippen LogP contribution in [0.2, 0.25) is 0 Å². The van der Waals surface area contributed by atoms with Crippen LogP contribution in [0.4, 0.5) is 0 Å². The second-order valence-corrected chi connectivity index (χ2v) is 7.40. The number of nitrogens with zero attached hydrogens (tertiary/aromatic N) is 1. The predicted octanol–water partition coefficient (Wildman–Crippen LogP) is 1.77. The Morgan fingerprint density at radius 2 is 2.10 bits per heavy atom. The minimum Gasteiger partial charge on any atom is -0.313 e. The first-order valence-corrected chi connectivity index (χ1v) is 9.34. The smallest absolute Gasteiger partial charge is 0.257 e. The monoisotopic (exact) mass is 314 g/mol. The molecule has 1 aromatic heterocycles. The largest absolute Gasteiger partial charge is 0.313 e.